The van der Waals surface area contributed by atoms with Crippen LogP contribution in [-0.4, -0.2) is 36.8 Å². The number of hydrogen-bond donors (Lipinski definition) is 2. The highest BCUT2D eigenvalue weighted by atomic mass is 32.2. The van der Waals surface area contributed by atoms with Gasteiger partial charge < -0.3 is 15.5 Å². The van der Waals surface area contributed by atoms with Gasteiger partial charge in [-0.2, -0.15) is 0 Å². The summed E-state index contributed by atoms with van der Waals surface area (Å²) in [4.78, 5) is 30.4. The van der Waals surface area contributed by atoms with Crippen LogP contribution < -0.4 is 11.1 Å². The van der Waals surface area contributed by atoms with Crippen LogP contribution in [0.3, 0.4) is 0 Å². The zero-order valence-corrected chi connectivity index (χ0v) is 20.0. The molecule has 0 saturated carbocycles. The molecule has 0 unspecified atom stereocenters. The average molecular weight is 495 g/mol. The van der Waals surface area contributed by atoms with E-state index in [0.717, 1.165) is 41.0 Å². The summed E-state index contributed by atoms with van der Waals surface area (Å²) in [6.45, 7) is 2.20. The van der Waals surface area contributed by atoms with Gasteiger partial charge in [0.1, 0.15) is 10.8 Å². The number of primary amides is 1. The van der Waals surface area contributed by atoms with Gasteiger partial charge in [-0.1, -0.05) is 11.8 Å². The van der Waals surface area contributed by atoms with Crippen LogP contribution in [-0.2, 0) is 24.2 Å². The number of aromatic nitrogens is 4. The van der Waals surface area contributed by atoms with Crippen LogP contribution in [0, 0.1) is 0 Å². The largest absolute Gasteiger partial charge is 0.467 e. The van der Waals surface area contributed by atoms with Crippen molar-refractivity contribution in [3.63, 3.8) is 0 Å². The first-order valence-electron chi connectivity index (χ1n) is 10.8. The fourth-order valence-corrected chi connectivity index (χ4v) is 6.11. The van der Waals surface area contributed by atoms with E-state index in [1.807, 2.05) is 28.8 Å². The van der Waals surface area contributed by atoms with E-state index < -0.39 is 11.2 Å². The highest BCUT2D eigenvalue weighted by Gasteiger charge is 2.28. The maximum absolute atomic E-state index is 13.1. The maximum atomic E-state index is 13.1. The van der Waals surface area contributed by atoms with Crippen molar-refractivity contribution in [2.24, 2.45) is 5.73 Å². The lowest BCUT2D eigenvalue weighted by Crippen LogP contribution is -2.24. The van der Waals surface area contributed by atoms with E-state index in [-0.39, 0.29) is 5.91 Å². The molecular weight excluding hydrogens is 472 g/mol. The summed E-state index contributed by atoms with van der Waals surface area (Å²) >= 11 is 2.73. The number of nitrogens with two attached hydrogens (primary N) is 1. The van der Waals surface area contributed by atoms with Crippen molar-refractivity contribution in [2.45, 2.75) is 43.1 Å². The Kier molecular flexibility index (Phi) is 6.20. The van der Waals surface area contributed by atoms with Crippen molar-refractivity contribution in [3.05, 3.63) is 64.7 Å². The second-order valence-corrected chi connectivity index (χ2v) is 10.3. The number of carbonyl (C=O) groups excluding carboxylic acids is 2. The number of carbonyl (C=O) groups is 2. The molecule has 4 aromatic heterocycles. The minimum Gasteiger partial charge on any atom is -0.467 e. The van der Waals surface area contributed by atoms with Gasteiger partial charge in [0.15, 0.2) is 11.0 Å². The van der Waals surface area contributed by atoms with E-state index in [0.29, 0.717) is 28.1 Å². The predicted molar refractivity (Wildman–Crippen MR) is 130 cm³/mol. The summed E-state index contributed by atoms with van der Waals surface area (Å²) in [5.74, 6) is 0.630. The van der Waals surface area contributed by atoms with Gasteiger partial charge in [0.2, 0.25) is 5.91 Å². The molecular formula is C23H22N6O3S2. The van der Waals surface area contributed by atoms with Gasteiger partial charge in [0.25, 0.3) is 5.91 Å². The van der Waals surface area contributed by atoms with E-state index >= 15 is 0 Å². The first-order chi connectivity index (χ1) is 16.5. The summed E-state index contributed by atoms with van der Waals surface area (Å²) < 4.78 is 7.43. The molecule has 1 atom stereocenters. The molecule has 5 rings (SSSR count). The number of rotatable bonds is 8. The fraction of sp³-hybridized carbons (Fsp3) is 0.261. The molecule has 9 nitrogen and oxygen atoms in total. The van der Waals surface area contributed by atoms with Crippen LogP contribution in [0.2, 0.25) is 0 Å². The lowest BCUT2D eigenvalue weighted by atomic mass is 10.1. The molecule has 0 spiro atoms. The SMILES string of the molecule is C[C@H](Sc1nnc(-c2cccnc2)n1Cc1ccco1)C(=O)Nc1sc2c(c1C(N)=O)CCC2. The molecule has 0 radical (unpaired) electrons. The zero-order chi connectivity index (χ0) is 23.7. The van der Waals surface area contributed by atoms with Gasteiger partial charge in [-0.25, -0.2) is 0 Å². The first-order valence-corrected chi connectivity index (χ1v) is 12.5. The average Bonchev–Trinajstić information content (AvgIpc) is 3.60. The summed E-state index contributed by atoms with van der Waals surface area (Å²) in [6.07, 6.45) is 7.76. The Balaban J connectivity index is 1.38. The lowest BCUT2D eigenvalue weighted by molar-refractivity contribution is -0.115. The molecule has 0 saturated heterocycles. The van der Waals surface area contributed by atoms with E-state index in [1.165, 1.54) is 23.1 Å². The minimum absolute atomic E-state index is 0.233. The standard InChI is InChI=1S/C23H22N6O3S2/c1-13(21(31)26-22-18(19(24)30)16-7-2-8-17(16)34-22)33-23-28-27-20(14-5-3-9-25-11-14)29(23)12-15-6-4-10-32-15/h3-6,9-11,13H,2,7-8,12H2,1H3,(H2,24,30)(H,26,31)/t13-/m0/s1. The Bertz CT molecular complexity index is 1330. The van der Waals surface area contributed by atoms with Crippen LogP contribution in [0.5, 0.6) is 0 Å². The first kappa shape index (κ1) is 22.4. The Labute approximate surface area is 203 Å². The van der Waals surface area contributed by atoms with Gasteiger partial charge in [0, 0.05) is 22.8 Å². The summed E-state index contributed by atoms with van der Waals surface area (Å²) in [5.41, 5.74) is 7.86. The number of nitrogens with zero attached hydrogens (tertiary/aromatic N) is 4. The number of fused-ring (bicyclic) bond motifs is 1. The number of thiophene rings is 1. The summed E-state index contributed by atoms with van der Waals surface area (Å²) in [7, 11) is 0. The number of pyridine rings is 1. The third kappa shape index (κ3) is 4.36. The molecule has 4 aromatic rings. The van der Waals surface area contributed by atoms with Crippen molar-refractivity contribution in [1.82, 2.24) is 19.7 Å². The van der Waals surface area contributed by atoms with Crippen LogP contribution in [0.15, 0.2) is 52.5 Å². The molecule has 0 bridgehead atoms. The monoisotopic (exact) mass is 494 g/mol. The van der Waals surface area contributed by atoms with Crippen LogP contribution in [0.1, 0.15) is 39.9 Å². The van der Waals surface area contributed by atoms with Crippen molar-refractivity contribution in [1.29, 1.82) is 0 Å². The normalized spacial score (nSPS) is 13.6. The van der Waals surface area contributed by atoms with Crippen LogP contribution in [0.4, 0.5) is 5.00 Å². The molecule has 0 aliphatic heterocycles. The third-order valence-electron chi connectivity index (χ3n) is 5.59. The summed E-state index contributed by atoms with van der Waals surface area (Å²) in [6, 6.07) is 7.43. The smallest absolute Gasteiger partial charge is 0.251 e. The fourth-order valence-electron chi connectivity index (χ4n) is 3.96. The van der Waals surface area contributed by atoms with E-state index in [1.54, 1.807) is 25.6 Å². The maximum Gasteiger partial charge on any atom is 0.251 e. The van der Waals surface area contributed by atoms with Crippen molar-refractivity contribution < 1.29 is 14.0 Å². The Morgan fingerprint density at radius 1 is 1.29 bits per heavy atom. The Morgan fingerprint density at radius 3 is 2.91 bits per heavy atom. The predicted octanol–water partition coefficient (Wildman–Crippen LogP) is 3.75. The summed E-state index contributed by atoms with van der Waals surface area (Å²) in [5, 5.41) is 12.2. The van der Waals surface area contributed by atoms with E-state index in [2.05, 4.69) is 20.5 Å². The zero-order valence-electron chi connectivity index (χ0n) is 18.4. The number of nitrogens with one attached hydrogen (secondary N) is 1. The molecule has 11 heteroatoms. The molecule has 0 fully saturated rings. The number of furan rings is 1. The van der Waals surface area contributed by atoms with Crippen LogP contribution in [0.25, 0.3) is 11.4 Å². The number of amides is 2. The van der Waals surface area contributed by atoms with Gasteiger partial charge in [-0.05, 0) is 56.0 Å². The number of aryl methyl sites for hydroxylation is 1. The van der Waals surface area contributed by atoms with Gasteiger partial charge in [-0.15, -0.1) is 21.5 Å². The third-order valence-corrected chi connectivity index (χ3v) is 7.87. The second kappa shape index (κ2) is 9.43. The molecule has 2 amide bonds. The van der Waals surface area contributed by atoms with E-state index in [9.17, 15) is 9.59 Å². The van der Waals surface area contributed by atoms with Gasteiger partial charge in [0.05, 0.1) is 23.6 Å². The molecule has 34 heavy (non-hydrogen) atoms. The molecule has 1 aliphatic carbocycles. The highest BCUT2D eigenvalue weighted by molar-refractivity contribution is 8.00. The van der Waals surface area contributed by atoms with Crippen LogP contribution >= 0.6 is 23.1 Å². The Morgan fingerprint density at radius 2 is 2.18 bits per heavy atom. The molecule has 1 aliphatic rings. The quantitative estimate of drug-likeness (QED) is 0.357. The number of thioether (sulfide) groups is 1. The molecule has 4 heterocycles. The Hall–Kier alpha value is -3.44. The van der Waals surface area contributed by atoms with Crippen molar-refractivity contribution in [3.8, 4) is 11.4 Å². The van der Waals surface area contributed by atoms with Gasteiger partial charge >= 0.3 is 0 Å². The van der Waals surface area contributed by atoms with E-state index in [4.69, 9.17) is 10.2 Å². The minimum atomic E-state index is -0.505. The van der Waals surface area contributed by atoms with Crippen molar-refractivity contribution in [2.75, 3.05) is 5.32 Å². The number of anilines is 1. The van der Waals surface area contributed by atoms with Gasteiger partial charge in [-0.3, -0.25) is 19.1 Å². The number of hydrogen-bond acceptors (Lipinski definition) is 8. The molecule has 3 N–H and O–H groups in total. The topological polar surface area (TPSA) is 129 Å². The lowest BCUT2D eigenvalue weighted by Gasteiger charge is -2.13. The molecule has 174 valence electrons. The van der Waals surface area contributed by atoms with Crippen molar-refractivity contribution >= 4 is 39.9 Å². The highest BCUT2D eigenvalue weighted by Crippen LogP contribution is 2.39. The molecule has 0 aromatic carbocycles. The second-order valence-electron chi connectivity index (χ2n) is 7.89.